The normalized spacial score (nSPS) is 15.3. The predicted molar refractivity (Wildman–Crippen MR) is 271 cm³/mol. The van der Waals surface area contributed by atoms with Crippen molar-refractivity contribution in [2.45, 2.75) is 104 Å². The monoisotopic (exact) mass is 994 g/mol. The second-order valence-corrected chi connectivity index (χ2v) is 19.4. The minimum Gasteiger partial charge on any atom is -0.481 e. The van der Waals surface area contributed by atoms with Gasteiger partial charge in [0.25, 0.3) is 5.56 Å². The molecule has 0 radical (unpaired) electrons. The number of carbonyl (C=O) groups is 5. The summed E-state index contributed by atoms with van der Waals surface area (Å²) >= 11 is 0. The molecule has 3 aromatic heterocycles. The van der Waals surface area contributed by atoms with Crippen molar-refractivity contribution in [1.82, 2.24) is 30.1 Å². The van der Waals surface area contributed by atoms with Crippen molar-refractivity contribution < 1.29 is 43.0 Å². The molecule has 4 heterocycles. The standard InChI is InChI=1S/C57H60F2N6O8/c1-32(2)54(64-20-19-33(3)21-49(64)67)56(72)62-46(25-50(68)69)41-23-43(30-61-28-41)53-36(6)11-8-12-38(53)15-13-37-14-18-48(66)65(31-37)55(39-16-17-44(58)45(59)24-39)57(73)63-47(26-51(70)71)40-22-42(29-60-27-40)52-34(4)9-7-10-35(52)5/h7-12,16-17,19-24,27-30,32,37,46-47,54-55H,13-15,18,25-26,31H2,1-6H3,(H,62,72)(H,63,73)(H,68,69)(H,70,71)/t37?,46-,47-,54-,55+/m0/s1. The first kappa shape index (κ1) is 52.9. The number of halogens is 2. The summed E-state index contributed by atoms with van der Waals surface area (Å²) in [6.45, 7) is 11.3. The third-order valence-electron chi connectivity index (χ3n) is 13.6. The maximum atomic E-state index is 15.0. The summed E-state index contributed by atoms with van der Waals surface area (Å²) in [7, 11) is 0. The van der Waals surface area contributed by atoms with E-state index >= 15 is 4.39 Å². The van der Waals surface area contributed by atoms with Crippen LogP contribution in [0.25, 0.3) is 22.3 Å². The lowest BCUT2D eigenvalue weighted by molar-refractivity contribution is -0.145. The van der Waals surface area contributed by atoms with Crippen molar-refractivity contribution in [2.24, 2.45) is 11.8 Å². The molecule has 1 aliphatic rings. The average Bonchev–Trinajstić information content (AvgIpc) is 3.33. The third-order valence-corrected chi connectivity index (χ3v) is 13.6. The van der Waals surface area contributed by atoms with Gasteiger partial charge in [0.2, 0.25) is 17.7 Å². The fourth-order valence-corrected chi connectivity index (χ4v) is 10.1. The molecular formula is C57H60F2N6O8. The van der Waals surface area contributed by atoms with Crippen LogP contribution in [0.3, 0.4) is 0 Å². The van der Waals surface area contributed by atoms with E-state index in [1.54, 1.807) is 43.7 Å². The summed E-state index contributed by atoms with van der Waals surface area (Å²) in [6, 6.07) is 16.9. The molecule has 1 aliphatic heterocycles. The number of benzene rings is 3. The molecule has 1 saturated heterocycles. The molecule has 1 unspecified atom stereocenters. The number of amides is 3. The van der Waals surface area contributed by atoms with Gasteiger partial charge in [0.05, 0.1) is 24.9 Å². The van der Waals surface area contributed by atoms with Crippen LogP contribution in [0.1, 0.15) is 115 Å². The van der Waals surface area contributed by atoms with Crippen molar-refractivity contribution in [3.63, 3.8) is 0 Å². The highest BCUT2D eigenvalue weighted by atomic mass is 19.2. The van der Waals surface area contributed by atoms with Gasteiger partial charge in [-0.2, -0.15) is 0 Å². The van der Waals surface area contributed by atoms with E-state index < -0.39 is 72.4 Å². The summed E-state index contributed by atoms with van der Waals surface area (Å²) < 4.78 is 30.8. The Morgan fingerprint density at radius 1 is 0.699 bits per heavy atom. The molecule has 380 valence electrons. The number of hydrogen-bond donors (Lipinski definition) is 4. The first-order valence-electron chi connectivity index (χ1n) is 24.3. The van der Waals surface area contributed by atoms with E-state index in [2.05, 4.69) is 20.6 Å². The molecule has 73 heavy (non-hydrogen) atoms. The van der Waals surface area contributed by atoms with E-state index in [9.17, 15) is 43.4 Å². The molecule has 6 aromatic rings. The molecule has 7 rings (SSSR count). The van der Waals surface area contributed by atoms with Crippen molar-refractivity contribution in [2.75, 3.05) is 6.54 Å². The summed E-state index contributed by atoms with van der Waals surface area (Å²) in [5.41, 5.74) is 8.13. The lowest BCUT2D eigenvalue weighted by Gasteiger charge is -2.38. The predicted octanol–water partition coefficient (Wildman–Crippen LogP) is 9.26. The molecule has 3 aromatic carbocycles. The molecule has 14 nitrogen and oxygen atoms in total. The molecule has 5 atom stereocenters. The molecule has 0 spiro atoms. The van der Waals surface area contributed by atoms with Crippen LogP contribution < -0.4 is 16.2 Å². The zero-order valence-electron chi connectivity index (χ0n) is 41.7. The Morgan fingerprint density at radius 3 is 1.85 bits per heavy atom. The van der Waals surface area contributed by atoms with E-state index in [1.807, 2.05) is 71.0 Å². The Balaban J connectivity index is 1.14. The number of nitrogens with zero attached hydrogens (tertiary/aromatic N) is 4. The minimum atomic E-state index is -1.45. The van der Waals surface area contributed by atoms with Gasteiger partial charge in [0, 0.05) is 61.1 Å². The van der Waals surface area contributed by atoms with Gasteiger partial charge in [-0.1, -0.05) is 56.3 Å². The fourth-order valence-electron chi connectivity index (χ4n) is 10.1. The number of aliphatic carboxylic acids is 2. The molecule has 16 heteroatoms. The molecule has 3 amide bonds. The van der Waals surface area contributed by atoms with E-state index in [1.165, 1.54) is 34.0 Å². The number of pyridine rings is 3. The Kier molecular flexibility index (Phi) is 16.8. The highest BCUT2D eigenvalue weighted by Crippen LogP contribution is 2.36. The van der Waals surface area contributed by atoms with Gasteiger partial charge < -0.3 is 30.3 Å². The summed E-state index contributed by atoms with van der Waals surface area (Å²) in [4.78, 5) is 90.4. The maximum Gasteiger partial charge on any atom is 0.305 e. The van der Waals surface area contributed by atoms with Crippen LogP contribution in [0.2, 0.25) is 0 Å². The van der Waals surface area contributed by atoms with Crippen LogP contribution in [-0.2, 0) is 30.4 Å². The van der Waals surface area contributed by atoms with Crippen LogP contribution >= 0.6 is 0 Å². The Morgan fingerprint density at radius 2 is 1.27 bits per heavy atom. The van der Waals surface area contributed by atoms with Crippen molar-refractivity contribution in [3.05, 3.63) is 176 Å². The topological polar surface area (TPSA) is 201 Å². The van der Waals surface area contributed by atoms with Crippen LogP contribution in [0, 0.1) is 51.2 Å². The molecule has 1 fully saturated rings. The Labute approximate surface area is 422 Å². The second-order valence-electron chi connectivity index (χ2n) is 19.4. The smallest absolute Gasteiger partial charge is 0.305 e. The zero-order valence-corrected chi connectivity index (χ0v) is 41.7. The van der Waals surface area contributed by atoms with E-state index in [4.69, 9.17) is 0 Å². The van der Waals surface area contributed by atoms with Gasteiger partial charge in [-0.25, -0.2) is 8.78 Å². The molecule has 0 bridgehead atoms. The SMILES string of the molecule is Cc1ccn([C@H](C(=O)N[C@@H](CC(=O)O)c2cncc(-c3c(C)cccc3CCC3CCC(=O)N([C@@H](C(=O)N[C@@H](CC(=O)O)c4cncc(-c5c(C)cccc5C)c4)c4ccc(F)c(F)c4)C3)c2)C(C)C)c(=O)c1. The van der Waals surface area contributed by atoms with Gasteiger partial charge in [0.15, 0.2) is 11.6 Å². The Bertz CT molecular complexity index is 3100. The highest BCUT2D eigenvalue weighted by molar-refractivity contribution is 5.90. The number of likely N-dealkylation sites (tertiary alicyclic amines) is 1. The number of carboxylic acids is 2. The summed E-state index contributed by atoms with van der Waals surface area (Å²) in [5.74, 6) is -6.89. The van der Waals surface area contributed by atoms with Gasteiger partial charge in [-0.3, -0.25) is 38.7 Å². The van der Waals surface area contributed by atoms with Gasteiger partial charge in [-0.15, -0.1) is 0 Å². The van der Waals surface area contributed by atoms with Crippen LogP contribution in [0.4, 0.5) is 8.78 Å². The molecule has 0 saturated carbocycles. The number of aryl methyl sites for hydroxylation is 5. The number of piperidine rings is 1. The van der Waals surface area contributed by atoms with Gasteiger partial charge >= 0.3 is 11.9 Å². The van der Waals surface area contributed by atoms with Crippen LogP contribution in [-0.4, -0.2) is 65.9 Å². The van der Waals surface area contributed by atoms with E-state index in [0.717, 1.165) is 51.1 Å². The number of carbonyl (C=O) groups excluding carboxylic acids is 3. The van der Waals surface area contributed by atoms with Crippen molar-refractivity contribution >= 4 is 29.7 Å². The lowest BCUT2D eigenvalue weighted by atomic mass is 9.86. The first-order chi connectivity index (χ1) is 34.8. The van der Waals surface area contributed by atoms with Gasteiger partial charge in [0.1, 0.15) is 12.1 Å². The van der Waals surface area contributed by atoms with Gasteiger partial charge in [-0.05, 0) is 145 Å². The molecular weight excluding hydrogens is 935 g/mol. The number of hydrogen-bond acceptors (Lipinski definition) is 8. The minimum absolute atomic E-state index is 0.0106. The second kappa shape index (κ2) is 23.1. The van der Waals surface area contributed by atoms with Crippen molar-refractivity contribution in [1.29, 1.82) is 0 Å². The fraction of sp³-hybridized carbons (Fsp3) is 0.333. The molecule has 4 N–H and O–H groups in total. The quantitative estimate of drug-likeness (QED) is 0.0606. The first-order valence-corrected chi connectivity index (χ1v) is 24.3. The number of rotatable bonds is 19. The summed E-state index contributed by atoms with van der Waals surface area (Å²) in [5, 5.41) is 25.8. The number of nitrogens with one attached hydrogen (secondary N) is 2. The lowest BCUT2D eigenvalue weighted by Crippen LogP contribution is -2.48. The number of aromatic nitrogens is 3. The highest BCUT2D eigenvalue weighted by Gasteiger charge is 2.38. The van der Waals surface area contributed by atoms with Crippen LogP contribution in [0.5, 0.6) is 0 Å². The largest absolute Gasteiger partial charge is 0.481 e. The third kappa shape index (κ3) is 12.6. The zero-order chi connectivity index (χ0) is 52.7. The van der Waals surface area contributed by atoms with E-state index in [-0.39, 0.29) is 41.8 Å². The maximum absolute atomic E-state index is 15.0. The number of carboxylic acid groups (broad SMARTS) is 2. The van der Waals surface area contributed by atoms with Crippen LogP contribution in [0.15, 0.2) is 115 Å². The van der Waals surface area contributed by atoms with Crippen molar-refractivity contribution in [3.8, 4) is 22.3 Å². The summed E-state index contributed by atoms with van der Waals surface area (Å²) in [6.07, 6.45) is 8.43. The molecule has 0 aliphatic carbocycles. The average molecular weight is 995 g/mol. The van der Waals surface area contributed by atoms with E-state index in [0.29, 0.717) is 41.5 Å². The Hall–Kier alpha value is -7.88.